The highest BCUT2D eigenvalue weighted by atomic mass is 35.5. The van der Waals surface area contributed by atoms with E-state index < -0.39 is 0 Å². The summed E-state index contributed by atoms with van der Waals surface area (Å²) in [5.41, 5.74) is 4.30. The molecule has 0 bridgehead atoms. The molecule has 0 radical (unpaired) electrons. The van der Waals surface area contributed by atoms with Crippen molar-refractivity contribution in [2.45, 2.75) is 19.9 Å². The zero-order valence-electron chi connectivity index (χ0n) is 19.4. The monoisotopic (exact) mass is 490 g/mol. The molecule has 1 fully saturated rings. The van der Waals surface area contributed by atoms with E-state index in [-0.39, 0.29) is 11.7 Å². The summed E-state index contributed by atoms with van der Waals surface area (Å²) in [5, 5.41) is 11.0. The number of hydrogen-bond acceptors (Lipinski definition) is 4. The Morgan fingerprint density at radius 2 is 2.03 bits per heavy atom. The number of nitrogens with one attached hydrogen (secondary N) is 2. The Morgan fingerprint density at radius 1 is 1.14 bits per heavy atom. The Kier molecular flexibility index (Phi) is 6.46. The Labute approximate surface area is 208 Å². The van der Waals surface area contributed by atoms with Gasteiger partial charge in [0, 0.05) is 42.2 Å². The third kappa shape index (κ3) is 5.17. The predicted octanol–water partition coefficient (Wildman–Crippen LogP) is 4.15. The number of rotatable bonds is 6. The van der Waals surface area contributed by atoms with E-state index in [2.05, 4.69) is 27.6 Å². The molecule has 180 valence electrons. The molecule has 2 N–H and O–H groups in total. The zero-order valence-corrected chi connectivity index (χ0v) is 20.2. The first kappa shape index (κ1) is 23.0. The van der Waals surface area contributed by atoms with E-state index in [1.54, 1.807) is 18.3 Å². The number of anilines is 2. The molecule has 5 rings (SSSR count). The molecule has 35 heavy (non-hydrogen) atoms. The molecule has 8 nitrogen and oxygen atoms in total. The van der Waals surface area contributed by atoms with E-state index in [0.717, 1.165) is 35.8 Å². The number of aromatic nitrogens is 3. The van der Waals surface area contributed by atoms with Gasteiger partial charge in [-0.1, -0.05) is 35.9 Å². The van der Waals surface area contributed by atoms with Gasteiger partial charge in [0.05, 0.1) is 6.54 Å². The molecule has 0 saturated carbocycles. The van der Waals surface area contributed by atoms with Gasteiger partial charge in [0.25, 0.3) is 0 Å². The van der Waals surface area contributed by atoms with Crippen LogP contribution in [-0.4, -0.2) is 39.8 Å². The standard InChI is InChI=1S/C26H27ClN6O2/c1-18-8-9-21(27)14-23(18)31-12-10-20(16-31)15-28-25(34)29-22-6-4-5-19(13-22)17-33-26(35)32-11-3-2-7-24(32)30-33/h2-9,11,13-14,20H,10,12,15-17H2,1H3,(H2,28,29,34). The van der Waals surface area contributed by atoms with Crippen LogP contribution in [0.4, 0.5) is 16.2 Å². The van der Waals surface area contributed by atoms with Crippen LogP contribution in [-0.2, 0) is 6.54 Å². The average Bonchev–Trinajstić information content (AvgIpc) is 3.44. The van der Waals surface area contributed by atoms with E-state index >= 15 is 0 Å². The van der Waals surface area contributed by atoms with Gasteiger partial charge in [0.15, 0.2) is 5.65 Å². The molecule has 0 spiro atoms. The predicted molar refractivity (Wildman–Crippen MR) is 139 cm³/mol. The second-order valence-corrected chi connectivity index (χ2v) is 9.37. The van der Waals surface area contributed by atoms with Gasteiger partial charge >= 0.3 is 11.7 Å². The van der Waals surface area contributed by atoms with Gasteiger partial charge in [-0.3, -0.25) is 4.40 Å². The number of urea groups is 1. The minimum atomic E-state index is -0.246. The minimum absolute atomic E-state index is 0.199. The van der Waals surface area contributed by atoms with Crippen molar-refractivity contribution in [1.82, 2.24) is 19.5 Å². The number of carbonyl (C=O) groups is 1. The number of fused-ring (bicyclic) bond motifs is 1. The molecule has 1 saturated heterocycles. The van der Waals surface area contributed by atoms with Gasteiger partial charge in [-0.15, -0.1) is 5.10 Å². The Bertz CT molecular complexity index is 1430. The van der Waals surface area contributed by atoms with Crippen molar-refractivity contribution < 1.29 is 4.79 Å². The van der Waals surface area contributed by atoms with Crippen molar-refractivity contribution in [3.8, 4) is 0 Å². The van der Waals surface area contributed by atoms with Crippen LogP contribution >= 0.6 is 11.6 Å². The lowest BCUT2D eigenvalue weighted by Crippen LogP contribution is -2.34. The van der Waals surface area contributed by atoms with E-state index in [4.69, 9.17) is 11.6 Å². The van der Waals surface area contributed by atoms with E-state index in [9.17, 15) is 9.59 Å². The molecule has 2 amide bonds. The lowest BCUT2D eigenvalue weighted by molar-refractivity contribution is 0.250. The molecule has 2 aromatic heterocycles. The highest BCUT2D eigenvalue weighted by Crippen LogP contribution is 2.29. The van der Waals surface area contributed by atoms with Crippen LogP contribution in [0.1, 0.15) is 17.5 Å². The van der Waals surface area contributed by atoms with Crippen LogP contribution in [0.2, 0.25) is 5.02 Å². The summed E-state index contributed by atoms with van der Waals surface area (Å²) in [5.74, 6) is 0.368. The van der Waals surface area contributed by atoms with E-state index in [0.29, 0.717) is 30.3 Å². The maximum atomic E-state index is 12.5. The molecular weight excluding hydrogens is 464 g/mol. The fraction of sp³-hybridized carbons (Fsp3) is 0.269. The highest BCUT2D eigenvalue weighted by Gasteiger charge is 2.24. The van der Waals surface area contributed by atoms with Gasteiger partial charge in [-0.25, -0.2) is 14.3 Å². The van der Waals surface area contributed by atoms with Gasteiger partial charge in [0.2, 0.25) is 0 Å². The van der Waals surface area contributed by atoms with E-state index in [1.807, 2.05) is 48.5 Å². The number of nitrogens with zero attached hydrogens (tertiary/aromatic N) is 4. The molecule has 1 unspecified atom stereocenters. The molecule has 3 heterocycles. The lowest BCUT2D eigenvalue weighted by Gasteiger charge is -2.21. The molecule has 1 aliphatic rings. The van der Waals surface area contributed by atoms with Crippen LogP contribution in [0.15, 0.2) is 71.7 Å². The summed E-state index contributed by atoms with van der Waals surface area (Å²) in [6, 6.07) is 18.6. The first-order valence-corrected chi connectivity index (χ1v) is 12.0. The molecule has 4 aromatic rings. The van der Waals surface area contributed by atoms with Gasteiger partial charge in [-0.2, -0.15) is 0 Å². The molecule has 1 aliphatic heterocycles. The smallest absolute Gasteiger partial charge is 0.350 e. The summed E-state index contributed by atoms with van der Waals surface area (Å²) in [4.78, 5) is 27.4. The number of amides is 2. The summed E-state index contributed by atoms with van der Waals surface area (Å²) in [7, 11) is 0. The van der Waals surface area contributed by atoms with Crippen LogP contribution < -0.4 is 21.2 Å². The Balaban J connectivity index is 1.16. The maximum absolute atomic E-state index is 12.5. The molecule has 9 heteroatoms. The highest BCUT2D eigenvalue weighted by molar-refractivity contribution is 6.30. The summed E-state index contributed by atoms with van der Waals surface area (Å²) < 4.78 is 2.93. The third-order valence-corrected chi connectivity index (χ3v) is 6.59. The third-order valence-electron chi connectivity index (χ3n) is 6.35. The fourth-order valence-corrected chi connectivity index (χ4v) is 4.71. The fourth-order valence-electron chi connectivity index (χ4n) is 4.55. The van der Waals surface area contributed by atoms with Crippen LogP contribution in [0.5, 0.6) is 0 Å². The number of hydrogen-bond donors (Lipinski definition) is 2. The number of aryl methyl sites for hydroxylation is 1. The summed E-state index contributed by atoms with van der Waals surface area (Å²) in [6.45, 7) is 4.82. The lowest BCUT2D eigenvalue weighted by atomic mass is 10.1. The largest absolute Gasteiger partial charge is 0.371 e. The first-order valence-electron chi connectivity index (χ1n) is 11.7. The summed E-state index contributed by atoms with van der Waals surface area (Å²) >= 11 is 6.18. The second-order valence-electron chi connectivity index (χ2n) is 8.94. The maximum Gasteiger partial charge on any atom is 0.350 e. The van der Waals surface area contributed by atoms with Crippen LogP contribution in [0, 0.1) is 12.8 Å². The topological polar surface area (TPSA) is 83.7 Å². The van der Waals surface area contributed by atoms with Gasteiger partial charge < -0.3 is 15.5 Å². The van der Waals surface area contributed by atoms with Crippen molar-refractivity contribution in [1.29, 1.82) is 0 Å². The quantitative estimate of drug-likeness (QED) is 0.425. The minimum Gasteiger partial charge on any atom is -0.371 e. The number of pyridine rings is 1. The molecular formula is C26H27ClN6O2. The van der Waals surface area contributed by atoms with Crippen molar-refractivity contribution in [2.75, 3.05) is 29.9 Å². The van der Waals surface area contributed by atoms with Crippen LogP contribution in [0.3, 0.4) is 0 Å². The molecule has 0 aliphatic carbocycles. The average molecular weight is 491 g/mol. The number of halogens is 1. The van der Waals surface area contributed by atoms with Gasteiger partial charge in [0.1, 0.15) is 0 Å². The van der Waals surface area contributed by atoms with E-state index in [1.165, 1.54) is 14.6 Å². The zero-order chi connectivity index (χ0) is 24.4. The van der Waals surface area contributed by atoms with Crippen molar-refractivity contribution in [2.24, 2.45) is 5.92 Å². The normalized spacial score (nSPS) is 15.5. The second kappa shape index (κ2) is 9.84. The Hall–Kier alpha value is -3.78. The Morgan fingerprint density at radius 3 is 2.89 bits per heavy atom. The van der Waals surface area contributed by atoms with Crippen LogP contribution in [0.25, 0.3) is 5.65 Å². The SMILES string of the molecule is Cc1ccc(Cl)cc1N1CCC(CNC(=O)Nc2cccc(Cn3nc4ccccn4c3=O)c2)C1. The first-order chi connectivity index (χ1) is 17.0. The molecule has 2 aromatic carbocycles. The summed E-state index contributed by atoms with van der Waals surface area (Å²) in [6.07, 6.45) is 2.71. The van der Waals surface area contributed by atoms with Crippen molar-refractivity contribution in [3.05, 3.63) is 93.5 Å². The number of benzene rings is 2. The molecule has 1 atom stereocenters. The van der Waals surface area contributed by atoms with Gasteiger partial charge in [-0.05, 0) is 66.8 Å². The van der Waals surface area contributed by atoms with Crippen molar-refractivity contribution in [3.63, 3.8) is 0 Å². The number of carbonyl (C=O) groups excluding carboxylic acids is 1. The van der Waals surface area contributed by atoms with Crippen molar-refractivity contribution >= 4 is 34.7 Å².